The Morgan fingerprint density at radius 2 is 1.97 bits per heavy atom. The monoisotopic (exact) mass is 471 g/mol. The first kappa shape index (κ1) is 23.0. The summed E-state index contributed by atoms with van der Waals surface area (Å²) < 4.78 is 5.42. The van der Waals surface area contributed by atoms with E-state index in [4.69, 9.17) is 10.5 Å². The first-order valence-corrected chi connectivity index (χ1v) is 11.9. The maximum Gasteiger partial charge on any atom is 0.272 e. The highest BCUT2D eigenvalue weighted by Crippen LogP contribution is 2.62. The van der Waals surface area contributed by atoms with Crippen molar-refractivity contribution in [1.82, 2.24) is 20.5 Å². The minimum absolute atomic E-state index is 0.116. The largest absolute Gasteiger partial charge is 0.404 e. The van der Waals surface area contributed by atoms with Gasteiger partial charge >= 0.3 is 0 Å². The lowest BCUT2D eigenvalue weighted by molar-refractivity contribution is -0.119. The number of rotatable bonds is 8. The van der Waals surface area contributed by atoms with E-state index in [1.54, 1.807) is 18.3 Å². The minimum atomic E-state index is -0.209. The number of nitrogens with zero attached hydrogens (tertiary/aromatic N) is 2. The van der Waals surface area contributed by atoms with Gasteiger partial charge < -0.3 is 15.8 Å². The molecule has 2 fully saturated rings. The molecular weight excluding hydrogens is 442 g/mol. The molecule has 3 aromatic rings. The van der Waals surface area contributed by atoms with E-state index in [-0.39, 0.29) is 22.9 Å². The molecule has 8 nitrogen and oxygen atoms in total. The van der Waals surface area contributed by atoms with Gasteiger partial charge in [0.15, 0.2) is 0 Å². The second kappa shape index (κ2) is 9.46. The summed E-state index contributed by atoms with van der Waals surface area (Å²) in [5.74, 6) is 0.116. The van der Waals surface area contributed by atoms with E-state index in [0.29, 0.717) is 35.8 Å². The number of fused-ring (bicyclic) bond motifs is 1. The fraction of sp³-hybridized carbons (Fsp3) is 0.333. The Kier molecular flexibility index (Phi) is 6.21. The molecule has 0 saturated heterocycles. The highest BCUT2D eigenvalue weighted by Gasteiger charge is 2.54. The van der Waals surface area contributed by atoms with Crippen LogP contribution in [0.2, 0.25) is 0 Å². The Morgan fingerprint density at radius 1 is 1.20 bits per heavy atom. The van der Waals surface area contributed by atoms with E-state index in [9.17, 15) is 9.59 Å². The lowest BCUT2D eigenvalue weighted by Gasteiger charge is -2.57. The number of nitrogens with one attached hydrogen (secondary N) is 2. The van der Waals surface area contributed by atoms with Gasteiger partial charge in [0.05, 0.1) is 35.6 Å². The number of amides is 1. The van der Waals surface area contributed by atoms with Gasteiger partial charge in [-0.15, -0.1) is 6.58 Å². The predicted molar refractivity (Wildman–Crippen MR) is 134 cm³/mol. The standard InChI is InChI=1S/C27H29N5O3/c1-2-9-35-16-17-7-8-23(29-15-17)22(14-28)25(33)30-19-12-27(13-19)10-18(11-27)24-20-5-3-4-6-21(20)26(34)32-31-24/h2-8,14-15,18-19H,1,9-13,16,28H2,(H,30,33)(H,32,34). The molecule has 1 aromatic carbocycles. The average Bonchev–Trinajstić information content (AvgIpc) is 2.82. The number of ether oxygens (including phenoxy) is 1. The number of hydrogen-bond donors (Lipinski definition) is 3. The average molecular weight is 472 g/mol. The van der Waals surface area contributed by atoms with Gasteiger partial charge in [-0.25, -0.2) is 5.10 Å². The van der Waals surface area contributed by atoms with Gasteiger partial charge in [-0.3, -0.25) is 14.6 Å². The van der Waals surface area contributed by atoms with Gasteiger partial charge in [0.2, 0.25) is 0 Å². The van der Waals surface area contributed by atoms with Crippen LogP contribution < -0.4 is 16.6 Å². The summed E-state index contributed by atoms with van der Waals surface area (Å²) in [6.07, 6.45) is 8.59. The van der Waals surface area contributed by atoms with Crippen LogP contribution in [0.5, 0.6) is 0 Å². The van der Waals surface area contributed by atoms with Gasteiger partial charge in [0, 0.05) is 29.7 Å². The fourth-order valence-corrected chi connectivity index (χ4v) is 5.52. The normalized spacial score (nSPS) is 23.5. The Hall–Kier alpha value is -3.78. The van der Waals surface area contributed by atoms with Crippen LogP contribution >= 0.6 is 0 Å². The predicted octanol–water partition coefficient (Wildman–Crippen LogP) is 3.16. The summed E-state index contributed by atoms with van der Waals surface area (Å²) in [5, 5.41) is 11.7. The molecule has 2 aliphatic carbocycles. The van der Waals surface area contributed by atoms with E-state index in [1.165, 1.54) is 6.20 Å². The molecule has 0 bridgehead atoms. The third-order valence-corrected chi connectivity index (χ3v) is 7.18. The number of benzene rings is 1. The number of hydrogen-bond acceptors (Lipinski definition) is 6. The maximum absolute atomic E-state index is 12.9. The number of carbonyl (C=O) groups excluding carboxylic acids is 1. The highest BCUT2D eigenvalue weighted by molar-refractivity contribution is 6.18. The zero-order valence-electron chi connectivity index (χ0n) is 19.5. The Bertz CT molecular complexity index is 1330. The van der Waals surface area contributed by atoms with Crippen LogP contribution in [0.4, 0.5) is 0 Å². The van der Waals surface area contributed by atoms with Crippen molar-refractivity contribution in [3.8, 4) is 0 Å². The molecule has 0 aliphatic heterocycles. The fourth-order valence-electron chi connectivity index (χ4n) is 5.52. The molecule has 2 aromatic heterocycles. The molecule has 0 radical (unpaired) electrons. The van der Waals surface area contributed by atoms with E-state index in [1.807, 2.05) is 30.3 Å². The van der Waals surface area contributed by atoms with Crippen LogP contribution in [0.15, 0.2) is 66.2 Å². The van der Waals surface area contributed by atoms with E-state index < -0.39 is 0 Å². The molecule has 35 heavy (non-hydrogen) atoms. The van der Waals surface area contributed by atoms with Crippen LogP contribution in [0.1, 0.15) is 48.6 Å². The lowest BCUT2D eigenvalue weighted by atomic mass is 9.49. The van der Waals surface area contributed by atoms with Gasteiger partial charge in [-0.2, -0.15) is 5.10 Å². The molecule has 4 N–H and O–H groups in total. The second-order valence-electron chi connectivity index (χ2n) is 9.60. The summed E-state index contributed by atoms with van der Waals surface area (Å²) in [7, 11) is 0. The van der Waals surface area contributed by atoms with Gasteiger partial charge in [0.1, 0.15) is 0 Å². The number of aromatic amines is 1. The van der Waals surface area contributed by atoms with Crippen molar-refractivity contribution in [1.29, 1.82) is 0 Å². The molecule has 2 aliphatic rings. The second-order valence-corrected chi connectivity index (χ2v) is 9.60. The number of H-pyrrole nitrogens is 1. The minimum Gasteiger partial charge on any atom is -0.404 e. The molecule has 0 unspecified atom stereocenters. The van der Waals surface area contributed by atoms with Crippen molar-refractivity contribution in [2.24, 2.45) is 11.1 Å². The summed E-state index contributed by atoms with van der Waals surface area (Å²) in [6.45, 7) is 4.53. The zero-order chi connectivity index (χ0) is 24.4. The number of carbonyl (C=O) groups is 1. The highest BCUT2D eigenvalue weighted by atomic mass is 16.5. The Balaban J connectivity index is 1.15. The molecule has 2 saturated carbocycles. The molecule has 0 atom stereocenters. The van der Waals surface area contributed by atoms with Crippen molar-refractivity contribution < 1.29 is 9.53 Å². The smallest absolute Gasteiger partial charge is 0.272 e. The number of aromatic nitrogens is 3. The molecule has 5 rings (SSSR count). The first-order valence-electron chi connectivity index (χ1n) is 11.9. The number of pyridine rings is 1. The SMILES string of the molecule is C=CCOCc1ccc(C(=CN)C(=O)NC2CC3(C2)CC(c2n[nH]c(=O)c4ccccc24)C3)nc1. The maximum atomic E-state index is 12.9. The first-order chi connectivity index (χ1) is 17.0. The zero-order valence-corrected chi connectivity index (χ0v) is 19.5. The summed E-state index contributed by atoms with van der Waals surface area (Å²) in [5.41, 5.74) is 8.63. The van der Waals surface area contributed by atoms with Gasteiger partial charge in [-0.05, 0) is 48.8 Å². The van der Waals surface area contributed by atoms with E-state index in [0.717, 1.165) is 42.3 Å². The molecule has 8 heteroatoms. The van der Waals surface area contributed by atoms with Crippen molar-refractivity contribution in [2.75, 3.05) is 6.61 Å². The van der Waals surface area contributed by atoms with Crippen LogP contribution in [-0.2, 0) is 16.1 Å². The third-order valence-electron chi connectivity index (χ3n) is 7.18. The molecule has 180 valence electrons. The molecular formula is C27H29N5O3. The Morgan fingerprint density at radius 3 is 2.66 bits per heavy atom. The van der Waals surface area contributed by atoms with Crippen LogP contribution in [-0.4, -0.2) is 33.7 Å². The van der Waals surface area contributed by atoms with Crippen molar-refractivity contribution >= 4 is 22.3 Å². The third kappa shape index (κ3) is 4.49. The summed E-state index contributed by atoms with van der Waals surface area (Å²) in [6, 6.07) is 11.4. The molecule has 1 amide bonds. The van der Waals surface area contributed by atoms with Gasteiger partial charge in [0.25, 0.3) is 11.5 Å². The lowest BCUT2D eigenvalue weighted by Crippen LogP contribution is -2.55. The van der Waals surface area contributed by atoms with Gasteiger partial charge in [-0.1, -0.05) is 30.3 Å². The van der Waals surface area contributed by atoms with Crippen LogP contribution in [0.3, 0.4) is 0 Å². The van der Waals surface area contributed by atoms with Crippen molar-refractivity contribution in [3.05, 3.63) is 88.8 Å². The van der Waals surface area contributed by atoms with Crippen LogP contribution in [0.25, 0.3) is 16.3 Å². The molecule has 2 heterocycles. The summed E-state index contributed by atoms with van der Waals surface area (Å²) >= 11 is 0. The van der Waals surface area contributed by atoms with E-state index in [2.05, 4.69) is 27.1 Å². The summed E-state index contributed by atoms with van der Waals surface area (Å²) in [4.78, 5) is 29.3. The Labute approximate surface area is 203 Å². The quantitative estimate of drug-likeness (QED) is 0.263. The topological polar surface area (TPSA) is 123 Å². The number of nitrogens with two attached hydrogens (primary N) is 1. The van der Waals surface area contributed by atoms with Crippen molar-refractivity contribution in [2.45, 2.75) is 44.2 Å². The van der Waals surface area contributed by atoms with Crippen LogP contribution in [0, 0.1) is 5.41 Å². The van der Waals surface area contributed by atoms with Crippen molar-refractivity contribution in [3.63, 3.8) is 0 Å². The molecule has 1 spiro atoms. The van der Waals surface area contributed by atoms with E-state index >= 15 is 0 Å².